The van der Waals surface area contributed by atoms with Gasteiger partial charge in [-0.25, -0.2) is 4.98 Å². The first kappa shape index (κ1) is 23.2. The van der Waals surface area contributed by atoms with Gasteiger partial charge in [0.1, 0.15) is 0 Å². The highest BCUT2D eigenvalue weighted by molar-refractivity contribution is 7.99. The fraction of sp³-hybridized carbons (Fsp3) is 0.160. The molecule has 0 saturated carbocycles. The van der Waals surface area contributed by atoms with Crippen LogP contribution >= 0.6 is 11.8 Å². The molecule has 172 valence electrons. The Morgan fingerprint density at radius 2 is 1.82 bits per heavy atom. The van der Waals surface area contributed by atoms with Gasteiger partial charge in [0.05, 0.1) is 27.3 Å². The average molecular weight is 475 g/mol. The van der Waals surface area contributed by atoms with Gasteiger partial charge >= 0.3 is 0 Å². The molecular weight excluding hydrogens is 452 g/mol. The van der Waals surface area contributed by atoms with Crippen molar-refractivity contribution in [3.63, 3.8) is 0 Å². The third-order valence-corrected chi connectivity index (χ3v) is 6.53. The van der Waals surface area contributed by atoms with Crippen LogP contribution in [-0.2, 0) is 4.79 Å². The minimum Gasteiger partial charge on any atom is -0.325 e. The number of non-ortho nitro benzene ring substituents is 1. The van der Waals surface area contributed by atoms with Crippen LogP contribution in [0.5, 0.6) is 0 Å². The monoisotopic (exact) mass is 474 g/mol. The number of aryl methyl sites for hydroxylation is 2. The van der Waals surface area contributed by atoms with E-state index in [1.54, 1.807) is 29.7 Å². The van der Waals surface area contributed by atoms with Crippen molar-refractivity contribution in [3.8, 4) is 5.69 Å². The summed E-state index contributed by atoms with van der Waals surface area (Å²) in [7, 11) is 0. The first-order valence-corrected chi connectivity index (χ1v) is 11.5. The van der Waals surface area contributed by atoms with Crippen molar-refractivity contribution in [2.45, 2.75) is 25.9 Å². The fourth-order valence-electron chi connectivity index (χ4n) is 3.62. The van der Waals surface area contributed by atoms with E-state index in [-0.39, 0.29) is 22.9 Å². The second-order valence-electron chi connectivity index (χ2n) is 7.86. The Kier molecular flexibility index (Phi) is 6.47. The van der Waals surface area contributed by atoms with Crippen LogP contribution in [0.25, 0.3) is 16.6 Å². The van der Waals surface area contributed by atoms with Crippen LogP contribution in [0.4, 0.5) is 11.4 Å². The summed E-state index contributed by atoms with van der Waals surface area (Å²) in [5.74, 6) is -0.302. The number of nitro benzene ring substituents is 1. The first-order chi connectivity index (χ1) is 16.3. The number of anilines is 1. The summed E-state index contributed by atoms with van der Waals surface area (Å²) in [6.07, 6.45) is 0. The molecule has 0 aliphatic carbocycles. The van der Waals surface area contributed by atoms with Crippen LogP contribution in [0.1, 0.15) is 16.7 Å². The van der Waals surface area contributed by atoms with Crippen molar-refractivity contribution in [1.82, 2.24) is 9.55 Å². The molecule has 34 heavy (non-hydrogen) atoms. The molecule has 1 N–H and O–H groups in total. The van der Waals surface area contributed by atoms with Gasteiger partial charge in [-0.3, -0.25) is 24.3 Å². The summed E-state index contributed by atoms with van der Waals surface area (Å²) in [4.78, 5) is 41.3. The van der Waals surface area contributed by atoms with Crippen LogP contribution in [0, 0.1) is 30.9 Å². The zero-order chi connectivity index (χ0) is 24.4. The van der Waals surface area contributed by atoms with Crippen LogP contribution < -0.4 is 10.9 Å². The highest BCUT2D eigenvalue weighted by atomic mass is 32.2. The topological polar surface area (TPSA) is 107 Å². The molecule has 1 heterocycles. The maximum Gasteiger partial charge on any atom is 0.269 e. The lowest BCUT2D eigenvalue weighted by Crippen LogP contribution is -2.23. The van der Waals surface area contributed by atoms with E-state index in [1.165, 1.54) is 18.2 Å². The number of amides is 1. The number of hydrogen-bond acceptors (Lipinski definition) is 6. The zero-order valence-corrected chi connectivity index (χ0v) is 19.7. The molecule has 8 nitrogen and oxygen atoms in total. The van der Waals surface area contributed by atoms with Crippen molar-refractivity contribution in [1.29, 1.82) is 0 Å². The Morgan fingerprint density at radius 1 is 1.06 bits per heavy atom. The summed E-state index contributed by atoms with van der Waals surface area (Å²) in [5.41, 5.74) is 4.12. The molecule has 0 fully saturated rings. The quantitative estimate of drug-likeness (QED) is 0.183. The number of thioether (sulfide) groups is 1. The molecule has 0 unspecified atom stereocenters. The number of nitrogens with one attached hydrogen (secondary N) is 1. The van der Waals surface area contributed by atoms with Gasteiger partial charge in [-0.15, -0.1) is 0 Å². The molecule has 4 rings (SSSR count). The smallest absolute Gasteiger partial charge is 0.269 e. The molecule has 3 aromatic carbocycles. The maximum absolute atomic E-state index is 13.4. The van der Waals surface area contributed by atoms with Crippen LogP contribution in [0.3, 0.4) is 0 Å². The van der Waals surface area contributed by atoms with Crippen molar-refractivity contribution in [3.05, 3.63) is 97.8 Å². The molecule has 9 heteroatoms. The Labute approximate surface area is 199 Å². The number of rotatable bonds is 6. The van der Waals surface area contributed by atoms with Gasteiger partial charge in [-0.1, -0.05) is 36.0 Å². The number of aromatic nitrogens is 2. The number of hydrogen-bond donors (Lipinski definition) is 1. The second kappa shape index (κ2) is 9.48. The van der Waals surface area contributed by atoms with Gasteiger partial charge in [0.2, 0.25) is 5.91 Å². The van der Waals surface area contributed by atoms with E-state index in [0.29, 0.717) is 27.3 Å². The molecule has 1 aromatic heterocycles. The van der Waals surface area contributed by atoms with E-state index >= 15 is 0 Å². The zero-order valence-electron chi connectivity index (χ0n) is 18.9. The maximum atomic E-state index is 13.4. The van der Waals surface area contributed by atoms with Crippen molar-refractivity contribution < 1.29 is 9.72 Å². The summed E-state index contributed by atoms with van der Waals surface area (Å²) in [6, 6.07) is 17.1. The standard InChI is InChI=1S/C25H22N4O4S/c1-15-7-6-10-22(17(15)3)28-24(31)19-8-4-5-9-21(19)27-25(28)34-14-23(30)26-20-12-11-18(29(32)33)13-16(20)2/h4-13H,14H2,1-3H3,(H,26,30). The summed E-state index contributed by atoms with van der Waals surface area (Å²) in [5, 5.41) is 14.6. The van der Waals surface area contributed by atoms with E-state index in [9.17, 15) is 19.7 Å². The van der Waals surface area contributed by atoms with Gasteiger partial charge in [-0.2, -0.15) is 0 Å². The van der Waals surface area contributed by atoms with Crippen LogP contribution in [0.15, 0.2) is 70.6 Å². The minimum absolute atomic E-state index is 0.00602. The van der Waals surface area contributed by atoms with E-state index in [0.717, 1.165) is 28.6 Å². The molecule has 0 spiro atoms. The third kappa shape index (κ3) is 4.55. The van der Waals surface area contributed by atoms with Gasteiger partial charge in [-0.05, 0) is 61.7 Å². The Morgan fingerprint density at radius 3 is 2.56 bits per heavy atom. The Hall–Kier alpha value is -3.98. The number of carbonyl (C=O) groups excluding carboxylic acids is 1. The molecule has 0 aliphatic heterocycles. The molecule has 0 aliphatic rings. The van der Waals surface area contributed by atoms with Crippen molar-refractivity contribution >= 4 is 39.9 Å². The van der Waals surface area contributed by atoms with Gasteiger partial charge in [0.25, 0.3) is 11.2 Å². The van der Waals surface area contributed by atoms with E-state index < -0.39 is 4.92 Å². The van der Waals surface area contributed by atoms with Gasteiger partial charge in [0.15, 0.2) is 5.16 Å². The molecule has 4 aromatic rings. The second-order valence-corrected chi connectivity index (χ2v) is 8.81. The predicted molar refractivity (Wildman–Crippen MR) is 134 cm³/mol. The van der Waals surface area contributed by atoms with Crippen LogP contribution in [0.2, 0.25) is 0 Å². The normalized spacial score (nSPS) is 10.9. The third-order valence-electron chi connectivity index (χ3n) is 5.59. The molecule has 1 amide bonds. The lowest BCUT2D eigenvalue weighted by Gasteiger charge is -2.16. The van der Waals surface area contributed by atoms with Gasteiger partial charge in [0, 0.05) is 17.8 Å². The van der Waals surface area contributed by atoms with Crippen molar-refractivity contribution in [2.24, 2.45) is 0 Å². The predicted octanol–water partition coefficient (Wildman–Crippen LogP) is 4.95. The number of fused-ring (bicyclic) bond motifs is 1. The van der Waals surface area contributed by atoms with Crippen molar-refractivity contribution in [2.75, 3.05) is 11.1 Å². The largest absolute Gasteiger partial charge is 0.325 e. The van der Waals surface area contributed by atoms with E-state index in [1.807, 2.05) is 38.1 Å². The van der Waals surface area contributed by atoms with E-state index in [4.69, 9.17) is 0 Å². The lowest BCUT2D eigenvalue weighted by atomic mass is 10.1. The average Bonchev–Trinajstić information content (AvgIpc) is 2.81. The summed E-state index contributed by atoms with van der Waals surface area (Å²) < 4.78 is 1.56. The lowest BCUT2D eigenvalue weighted by molar-refractivity contribution is -0.384. The SMILES string of the molecule is Cc1cc([N+](=O)[O-])ccc1NC(=O)CSc1nc2ccccc2c(=O)n1-c1cccc(C)c1C. The molecule has 0 bridgehead atoms. The number of nitrogens with zero attached hydrogens (tertiary/aromatic N) is 3. The summed E-state index contributed by atoms with van der Waals surface area (Å²) >= 11 is 1.16. The summed E-state index contributed by atoms with van der Waals surface area (Å²) in [6.45, 7) is 5.62. The first-order valence-electron chi connectivity index (χ1n) is 10.5. The molecule has 0 atom stereocenters. The van der Waals surface area contributed by atoms with Gasteiger partial charge < -0.3 is 5.32 Å². The highest BCUT2D eigenvalue weighted by Gasteiger charge is 2.17. The number of carbonyl (C=O) groups is 1. The van der Waals surface area contributed by atoms with Crippen LogP contribution in [-0.4, -0.2) is 26.1 Å². The fourth-order valence-corrected chi connectivity index (χ4v) is 4.42. The Balaban J connectivity index is 1.67. The van der Waals surface area contributed by atoms with E-state index in [2.05, 4.69) is 10.3 Å². The number of nitro groups is 1. The highest BCUT2D eigenvalue weighted by Crippen LogP contribution is 2.25. The molecule has 0 radical (unpaired) electrons. The number of para-hydroxylation sites is 1. The minimum atomic E-state index is -0.480. The Bertz CT molecular complexity index is 1500. The number of benzene rings is 3. The molecular formula is C25H22N4O4S. The molecule has 0 saturated heterocycles.